The molecule has 134 valence electrons. The lowest BCUT2D eigenvalue weighted by Crippen LogP contribution is -2.41. The van der Waals surface area contributed by atoms with Crippen molar-refractivity contribution in [3.05, 3.63) is 42.4 Å². The van der Waals surface area contributed by atoms with Crippen molar-refractivity contribution in [1.29, 1.82) is 0 Å². The lowest BCUT2D eigenvalue weighted by molar-refractivity contribution is -0.144. The summed E-state index contributed by atoms with van der Waals surface area (Å²) in [5.41, 5.74) is 2.20. The van der Waals surface area contributed by atoms with Crippen LogP contribution in [-0.2, 0) is 9.53 Å². The minimum absolute atomic E-state index is 0.287. The van der Waals surface area contributed by atoms with E-state index in [1.165, 1.54) is 13.4 Å². The third kappa shape index (κ3) is 3.69. The molecule has 3 rings (SSSR count). The summed E-state index contributed by atoms with van der Waals surface area (Å²) in [7, 11) is 1.34. The molecular weight excluding hydrogens is 332 g/mol. The first-order valence-electron chi connectivity index (χ1n) is 8.07. The average molecular weight is 352 g/mol. The molecule has 1 aromatic carbocycles. The molecule has 0 unspecified atom stereocenters. The van der Waals surface area contributed by atoms with Gasteiger partial charge in [0.05, 0.1) is 13.3 Å². The Labute approximate surface area is 151 Å². The largest absolute Gasteiger partial charge is 0.467 e. The molecule has 0 amide bonds. The number of nitrogens with one attached hydrogen (secondary N) is 2. The molecule has 0 aliphatic carbocycles. The molecule has 26 heavy (non-hydrogen) atoms. The van der Waals surface area contributed by atoms with E-state index in [4.69, 9.17) is 4.74 Å². The van der Waals surface area contributed by atoms with E-state index in [0.29, 0.717) is 16.9 Å². The number of rotatable bonds is 5. The minimum Gasteiger partial charge on any atom is -0.467 e. The Hall–Kier alpha value is -3.29. The van der Waals surface area contributed by atoms with Crippen LogP contribution in [0.2, 0.25) is 0 Å². The van der Waals surface area contributed by atoms with E-state index in [9.17, 15) is 4.79 Å². The van der Waals surface area contributed by atoms with Crippen molar-refractivity contribution in [2.75, 3.05) is 17.7 Å². The van der Waals surface area contributed by atoms with Gasteiger partial charge in [0, 0.05) is 5.69 Å². The number of aromatic nitrogens is 4. The first-order chi connectivity index (χ1) is 12.4. The maximum atomic E-state index is 11.9. The van der Waals surface area contributed by atoms with Gasteiger partial charge in [-0.1, -0.05) is 12.1 Å². The third-order valence-electron chi connectivity index (χ3n) is 3.78. The second-order valence-corrected chi connectivity index (χ2v) is 6.39. The topological polar surface area (TPSA) is 102 Å². The van der Waals surface area contributed by atoms with E-state index in [-0.39, 0.29) is 5.95 Å². The van der Waals surface area contributed by atoms with Crippen molar-refractivity contribution in [2.45, 2.75) is 26.3 Å². The molecule has 0 saturated heterocycles. The lowest BCUT2D eigenvalue weighted by atomic mass is 10.1. The highest BCUT2D eigenvalue weighted by atomic mass is 16.5. The number of methoxy groups -OCH3 is 1. The molecule has 0 spiro atoms. The zero-order valence-corrected chi connectivity index (χ0v) is 15.1. The highest BCUT2D eigenvalue weighted by Gasteiger charge is 2.29. The van der Waals surface area contributed by atoms with Gasteiger partial charge < -0.3 is 15.4 Å². The molecule has 2 aromatic heterocycles. The number of aryl methyl sites for hydroxylation is 1. The Morgan fingerprint density at radius 2 is 2.00 bits per heavy atom. The van der Waals surface area contributed by atoms with Gasteiger partial charge >= 0.3 is 5.97 Å². The first-order valence-corrected chi connectivity index (χ1v) is 8.07. The van der Waals surface area contributed by atoms with Crippen LogP contribution in [0.3, 0.4) is 0 Å². The number of benzene rings is 1. The van der Waals surface area contributed by atoms with Crippen molar-refractivity contribution < 1.29 is 9.53 Å². The van der Waals surface area contributed by atoms with Crippen LogP contribution in [0.5, 0.6) is 0 Å². The number of ether oxygens (including phenoxy) is 1. The fraction of sp³-hybridized carbons (Fsp3) is 0.278. The summed E-state index contributed by atoms with van der Waals surface area (Å²) < 4.78 is 4.79. The van der Waals surface area contributed by atoms with Gasteiger partial charge in [-0.15, -0.1) is 0 Å². The second kappa shape index (κ2) is 6.91. The van der Waals surface area contributed by atoms with Crippen molar-refractivity contribution in [3.8, 4) is 0 Å². The Kier molecular flexibility index (Phi) is 4.66. The van der Waals surface area contributed by atoms with E-state index >= 15 is 0 Å². The fourth-order valence-electron chi connectivity index (χ4n) is 2.45. The van der Waals surface area contributed by atoms with E-state index < -0.39 is 11.5 Å². The summed E-state index contributed by atoms with van der Waals surface area (Å²) in [5, 5.41) is 6.23. The number of hydrogen-bond donors (Lipinski definition) is 2. The van der Waals surface area contributed by atoms with Gasteiger partial charge in [0.2, 0.25) is 5.95 Å². The van der Waals surface area contributed by atoms with Gasteiger partial charge in [-0.2, -0.15) is 0 Å². The maximum Gasteiger partial charge on any atom is 0.330 e. The molecule has 0 bridgehead atoms. The quantitative estimate of drug-likeness (QED) is 0.676. The number of carbonyl (C=O) groups excluding carboxylic acids is 1. The van der Waals surface area contributed by atoms with Crippen LogP contribution in [0, 0.1) is 6.92 Å². The van der Waals surface area contributed by atoms with Crippen LogP contribution in [0.15, 0.2) is 36.8 Å². The first kappa shape index (κ1) is 17.5. The van der Waals surface area contributed by atoms with Gasteiger partial charge in [-0.25, -0.2) is 24.7 Å². The van der Waals surface area contributed by atoms with Crippen LogP contribution < -0.4 is 10.6 Å². The van der Waals surface area contributed by atoms with Crippen LogP contribution in [-0.4, -0.2) is 38.6 Å². The third-order valence-corrected chi connectivity index (χ3v) is 3.78. The van der Waals surface area contributed by atoms with E-state index in [2.05, 4.69) is 30.6 Å². The molecule has 0 atom stereocenters. The normalized spacial score (nSPS) is 11.2. The van der Waals surface area contributed by atoms with E-state index in [1.807, 2.05) is 31.2 Å². The number of fused-ring (bicyclic) bond motifs is 1. The smallest absolute Gasteiger partial charge is 0.330 e. The average Bonchev–Trinajstić information content (AvgIpc) is 2.61. The van der Waals surface area contributed by atoms with Crippen molar-refractivity contribution in [2.24, 2.45) is 0 Å². The molecule has 8 nitrogen and oxygen atoms in total. The SMILES string of the molecule is COC(=O)C(C)(C)Nc1ncc2ncnc(Nc3cccc(C)c3)c2n1. The standard InChI is InChI=1S/C18H20N6O2/c1-11-6-5-7-12(8-11)22-15-14-13(20-10-21-15)9-19-17(23-14)24-18(2,3)16(25)26-4/h5-10H,1-4H3,(H,19,23,24)(H,20,21,22). The van der Waals surface area contributed by atoms with E-state index in [0.717, 1.165) is 11.3 Å². The van der Waals surface area contributed by atoms with Crippen molar-refractivity contribution in [1.82, 2.24) is 19.9 Å². The number of carbonyl (C=O) groups is 1. The highest BCUT2D eigenvalue weighted by molar-refractivity contribution is 5.88. The molecule has 0 aliphatic heterocycles. The number of hydrogen-bond acceptors (Lipinski definition) is 8. The van der Waals surface area contributed by atoms with Gasteiger partial charge in [-0.05, 0) is 38.5 Å². The summed E-state index contributed by atoms with van der Waals surface area (Å²) >= 11 is 0. The Bertz CT molecular complexity index is 957. The molecule has 3 aromatic rings. The molecule has 2 heterocycles. The number of anilines is 3. The minimum atomic E-state index is -0.970. The lowest BCUT2D eigenvalue weighted by Gasteiger charge is -2.23. The molecule has 0 fully saturated rings. The highest BCUT2D eigenvalue weighted by Crippen LogP contribution is 2.23. The van der Waals surface area contributed by atoms with Crippen LogP contribution in [0.25, 0.3) is 11.0 Å². The van der Waals surface area contributed by atoms with E-state index in [1.54, 1.807) is 20.0 Å². The number of nitrogens with zero attached hydrogens (tertiary/aromatic N) is 4. The maximum absolute atomic E-state index is 11.9. The summed E-state index contributed by atoms with van der Waals surface area (Å²) in [6.45, 7) is 5.40. The molecule has 0 aliphatic rings. The summed E-state index contributed by atoms with van der Waals surface area (Å²) in [5.74, 6) is 0.431. The van der Waals surface area contributed by atoms with Crippen molar-refractivity contribution in [3.63, 3.8) is 0 Å². The molecular formula is C18H20N6O2. The van der Waals surface area contributed by atoms with Gasteiger partial charge in [0.25, 0.3) is 0 Å². The summed E-state index contributed by atoms with van der Waals surface area (Å²) in [4.78, 5) is 29.0. The summed E-state index contributed by atoms with van der Waals surface area (Å²) in [6.07, 6.45) is 3.04. The van der Waals surface area contributed by atoms with Gasteiger partial charge in [-0.3, -0.25) is 0 Å². The zero-order chi connectivity index (χ0) is 18.7. The van der Waals surface area contributed by atoms with Gasteiger partial charge in [0.15, 0.2) is 5.82 Å². The van der Waals surface area contributed by atoms with Crippen LogP contribution in [0.4, 0.5) is 17.5 Å². The predicted octanol–water partition coefficient (Wildman–Crippen LogP) is 2.84. The Morgan fingerprint density at radius 1 is 1.19 bits per heavy atom. The zero-order valence-electron chi connectivity index (χ0n) is 15.1. The predicted molar refractivity (Wildman–Crippen MR) is 99.3 cm³/mol. The monoisotopic (exact) mass is 352 g/mol. The van der Waals surface area contributed by atoms with Crippen molar-refractivity contribution >= 4 is 34.5 Å². The number of esters is 1. The van der Waals surface area contributed by atoms with Crippen LogP contribution in [0.1, 0.15) is 19.4 Å². The van der Waals surface area contributed by atoms with Crippen LogP contribution >= 0.6 is 0 Å². The summed E-state index contributed by atoms with van der Waals surface area (Å²) in [6, 6.07) is 7.93. The molecule has 0 saturated carbocycles. The second-order valence-electron chi connectivity index (χ2n) is 6.39. The molecule has 2 N–H and O–H groups in total. The fourth-order valence-corrected chi connectivity index (χ4v) is 2.45. The molecule has 0 radical (unpaired) electrons. The Balaban J connectivity index is 1.96. The Morgan fingerprint density at radius 3 is 2.73 bits per heavy atom. The molecule has 8 heteroatoms. The van der Waals surface area contributed by atoms with Gasteiger partial charge in [0.1, 0.15) is 22.9 Å².